The van der Waals surface area contributed by atoms with Gasteiger partial charge in [0.15, 0.2) is 0 Å². The van der Waals surface area contributed by atoms with Crippen molar-refractivity contribution in [2.75, 3.05) is 33.3 Å². The van der Waals surface area contributed by atoms with E-state index in [1.807, 2.05) is 42.2 Å². The van der Waals surface area contributed by atoms with Gasteiger partial charge < -0.3 is 19.6 Å². The van der Waals surface area contributed by atoms with Crippen molar-refractivity contribution in [1.29, 1.82) is 0 Å². The Morgan fingerprint density at radius 3 is 2.78 bits per heavy atom. The minimum Gasteiger partial charge on any atom is -0.480 e. The fourth-order valence-corrected chi connectivity index (χ4v) is 5.98. The van der Waals surface area contributed by atoms with E-state index in [-0.39, 0.29) is 24.2 Å². The molecule has 4 heterocycles. The number of amides is 1. The molecule has 41 heavy (non-hydrogen) atoms. The van der Waals surface area contributed by atoms with Gasteiger partial charge in [-0.15, -0.1) is 0 Å². The largest absolute Gasteiger partial charge is 0.480 e. The van der Waals surface area contributed by atoms with Crippen LogP contribution in [0.3, 0.4) is 0 Å². The number of ether oxygens (including phenoxy) is 1. The summed E-state index contributed by atoms with van der Waals surface area (Å²) < 4.78 is 19.7. The zero-order valence-electron chi connectivity index (χ0n) is 23.9. The molecule has 1 atom stereocenters. The van der Waals surface area contributed by atoms with Gasteiger partial charge in [0.25, 0.3) is 0 Å². The highest BCUT2D eigenvalue weighted by Crippen LogP contribution is 2.33. The van der Waals surface area contributed by atoms with Crippen molar-refractivity contribution < 1.29 is 13.9 Å². The van der Waals surface area contributed by atoms with Crippen molar-refractivity contribution >= 4 is 27.7 Å². The summed E-state index contributed by atoms with van der Waals surface area (Å²) in [5, 5.41) is 1.75. The van der Waals surface area contributed by atoms with E-state index < -0.39 is 0 Å². The van der Waals surface area contributed by atoms with Crippen molar-refractivity contribution in [3.8, 4) is 17.1 Å². The molecule has 1 unspecified atom stereocenters. The molecule has 1 amide bonds. The fraction of sp³-hybridized carbons (Fsp3) is 0.344. The van der Waals surface area contributed by atoms with Crippen LogP contribution in [0.4, 0.5) is 4.39 Å². The average Bonchev–Trinajstić information content (AvgIpc) is 3.56. The second kappa shape index (κ2) is 11.0. The molecule has 0 saturated carbocycles. The van der Waals surface area contributed by atoms with Crippen molar-refractivity contribution in [2.45, 2.75) is 33.2 Å². The predicted molar refractivity (Wildman–Crippen MR) is 158 cm³/mol. The number of aromatic amines is 2. The number of methoxy groups -OCH3 is 1. The number of para-hydroxylation sites is 1. The Hall–Kier alpha value is -4.24. The summed E-state index contributed by atoms with van der Waals surface area (Å²) in [7, 11) is 1.61. The molecule has 2 aromatic carbocycles. The highest BCUT2D eigenvalue weighted by Gasteiger charge is 2.34. The second-order valence-corrected chi connectivity index (χ2v) is 11.3. The van der Waals surface area contributed by atoms with Crippen LogP contribution in [0, 0.1) is 18.7 Å². The van der Waals surface area contributed by atoms with E-state index in [2.05, 4.69) is 33.7 Å². The molecular weight excluding hydrogens is 519 g/mol. The highest BCUT2D eigenvalue weighted by atomic mass is 19.1. The van der Waals surface area contributed by atoms with E-state index in [0.717, 1.165) is 63.2 Å². The molecule has 3 aromatic heterocycles. The minimum atomic E-state index is -0.313. The number of pyridine rings is 1. The molecule has 6 rings (SSSR count). The smallest absolute Gasteiger partial charge is 0.227 e. The van der Waals surface area contributed by atoms with Crippen LogP contribution in [0.25, 0.3) is 33.1 Å². The Labute approximate surface area is 238 Å². The summed E-state index contributed by atoms with van der Waals surface area (Å²) in [5.41, 5.74) is 5.00. The van der Waals surface area contributed by atoms with Crippen molar-refractivity contribution in [3.05, 3.63) is 77.6 Å². The van der Waals surface area contributed by atoms with Crippen molar-refractivity contribution in [1.82, 2.24) is 29.7 Å². The van der Waals surface area contributed by atoms with Gasteiger partial charge in [-0.25, -0.2) is 14.4 Å². The van der Waals surface area contributed by atoms with Crippen LogP contribution < -0.4 is 4.74 Å². The van der Waals surface area contributed by atoms with Crippen LogP contribution in [0.15, 0.2) is 54.7 Å². The maximum atomic E-state index is 14.1. The summed E-state index contributed by atoms with van der Waals surface area (Å²) in [6, 6.07) is 14.4. The fourth-order valence-electron chi connectivity index (χ4n) is 5.98. The number of rotatable bonds is 7. The van der Waals surface area contributed by atoms with Gasteiger partial charge in [0, 0.05) is 48.2 Å². The molecule has 1 fully saturated rings. The molecule has 9 heteroatoms. The quantitative estimate of drug-likeness (QED) is 0.272. The third kappa shape index (κ3) is 5.29. The van der Waals surface area contributed by atoms with Gasteiger partial charge in [0.2, 0.25) is 11.8 Å². The first kappa shape index (κ1) is 27.0. The second-order valence-electron chi connectivity index (χ2n) is 11.3. The van der Waals surface area contributed by atoms with Crippen LogP contribution in [-0.4, -0.2) is 68.9 Å². The zero-order valence-corrected chi connectivity index (χ0v) is 23.9. The maximum absolute atomic E-state index is 14.1. The third-order valence-electron chi connectivity index (χ3n) is 7.90. The molecule has 0 spiro atoms. The van der Waals surface area contributed by atoms with Gasteiger partial charge in [0.1, 0.15) is 17.7 Å². The van der Waals surface area contributed by atoms with Gasteiger partial charge >= 0.3 is 0 Å². The Morgan fingerprint density at radius 1 is 1.15 bits per heavy atom. The monoisotopic (exact) mass is 554 g/mol. The molecule has 2 N–H and O–H groups in total. The van der Waals surface area contributed by atoms with Crippen LogP contribution in [0.1, 0.15) is 37.0 Å². The number of aryl methyl sites for hydroxylation is 1. The minimum absolute atomic E-state index is 0.00430. The molecule has 0 radical (unpaired) electrons. The topological polar surface area (TPSA) is 90.1 Å². The molecule has 5 aromatic rings. The van der Waals surface area contributed by atoms with E-state index >= 15 is 0 Å². The first-order valence-corrected chi connectivity index (χ1v) is 14.1. The molecular formula is C32H35FN6O2. The summed E-state index contributed by atoms with van der Waals surface area (Å²) >= 11 is 0. The highest BCUT2D eigenvalue weighted by molar-refractivity contribution is 5.90. The lowest BCUT2D eigenvalue weighted by Crippen LogP contribution is -2.52. The number of hydrogen-bond acceptors (Lipinski definition) is 5. The maximum Gasteiger partial charge on any atom is 0.227 e. The number of piperazine rings is 1. The van der Waals surface area contributed by atoms with E-state index in [1.54, 1.807) is 19.4 Å². The standard InChI is InChI=1S/C32H35FN6O2/c1-19(2)17-38-11-12-39(30(40)15-23-20(3)35-27-10-9-22(33)14-24(23)27)29(18-38)31-34-16-28(36-31)25-13-21-7-5-6-8-26(21)37-32(25)41-4/h5-10,13-14,16,19,29,35H,11-12,15,17-18H2,1-4H3,(H,34,36). The number of carbonyl (C=O) groups excluding carboxylic acids is 1. The van der Waals surface area contributed by atoms with Crippen LogP contribution in [0.5, 0.6) is 5.88 Å². The number of halogens is 1. The summed E-state index contributed by atoms with van der Waals surface area (Å²) in [5.74, 6) is 1.42. The van der Waals surface area contributed by atoms with E-state index in [9.17, 15) is 9.18 Å². The number of nitrogens with zero attached hydrogens (tertiary/aromatic N) is 4. The molecule has 0 bridgehead atoms. The van der Waals surface area contributed by atoms with Crippen molar-refractivity contribution in [2.24, 2.45) is 5.92 Å². The number of hydrogen-bond donors (Lipinski definition) is 2. The SMILES string of the molecule is COc1nc2ccccc2cc1-c1cnc(C2CN(CC(C)C)CCN2C(=O)Cc2c(C)[nH]c3ccc(F)cc23)[nH]1. The van der Waals surface area contributed by atoms with E-state index in [1.165, 1.54) is 12.1 Å². The Balaban J connectivity index is 1.33. The normalized spacial score (nSPS) is 16.2. The molecule has 0 aliphatic carbocycles. The third-order valence-corrected chi connectivity index (χ3v) is 7.90. The number of fused-ring (bicyclic) bond motifs is 2. The van der Waals surface area contributed by atoms with E-state index in [0.29, 0.717) is 24.9 Å². The zero-order chi connectivity index (χ0) is 28.7. The lowest BCUT2D eigenvalue weighted by Gasteiger charge is -2.41. The molecule has 1 aliphatic heterocycles. The number of carbonyl (C=O) groups is 1. The van der Waals surface area contributed by atoms with Gasteiger partial charge in [0.05, 0.1) is 36.5 Å². The van der Waals surface area contributed by atoms with Crippen molar-refractivity contribution in [3.63, 3.8) is 0 Å². The Kier molecular flexibility index (Phi) is 7.21. The van der Waals surface area contributed by atoms with Gasteiger partial charge in [-0.05, 0) is 48.7 Å². The van der Waals surface area contributed by atoms with Gasteiger partial charge in [-0.2, -0.15) is 0 Å². The van der Waals surface area contributed by atoms with Crippen LogP contribution in [0.2, 0.25) is 0 Å². The number of aromatic nitrogens is 4. The molecule has 212 valence electrons. The predicted octanol–water partition coefficient (Wildman–Crippen LogP) is 5.65. The summed E-state index contributed by atoms with van der Waals surface area (Å²) in [4.78, 5) is 34.5. The number of benzene rings is 2. The van der Waals surface area contributed by atoms with Crippen LogP contribution >= 0.6 is 0 Å². The molecule has 8 nitrogen and oxygen atoms in total. The van der Waals surface area contributed by atoms with E-state index in [4.69, 9.17) is 9.72 Å². The van der Waals surface area contributed by atoms with Gasteiger partial charge in [-0.1, -0.05) is 32.0 Å². The molecule has 1 aliphatic rings. The first-order valence-electron chi connectivity index (χ1n) is 14.1. The Bertz CT molecular complexity index is 1720. The average molecular weight is 555 g/mol. The summed E-state index contributed by atoms with van der Waals surface area (Å²) in [6.45, 7) is 9.33. The number of nitrogens with one attached hydrogen (secondary N) is 2. The Morgan fingerprint density at radius 2 is 1.98 bits per heavy atom. The van der Waals surface area contributed by atoms with Crippen LogP contribution in [-0.2, 0) is 11.2 Å². The first-order chi connectivity index (χ1) is 19.8. The lowest BCUT2D eigenvalue weighted by molar-refractivity contribution is -0.136. The lowest BCUT2D eigenvalue weighted by atomic mass is 10.0. The number of imidazole rings is 1. The summed E-state index contributed by atoms with van der Waals surface area (Å²) in [6.07, 6.45) is 1.98. The number of H-pyrrole nitrogens is 2. The van der Waals surface area contributed by atoms with Gasteiger partial charge in [-0.3, -0.25) is 9.69 Å². The molecule has 1 saturated heterocycles.